The Bertz CT molecular complexity index is 680. The van der Waals surface area contributed by atoms with E-state index in [2.05, 4.69) is 0 Å². The van der Waals surface area contributed by atoms with Crippen LogP contribution in [0.25, 0.3) is 0 Å². The van der Waals surface area contributed by atoms with Gasteiger partial charge in [0.05, 0.1) is 32.7 Å². The summed E-state index contributed by atoms with van der Waals surface area (Å²) in [7, 11) is 0. The molecular weight excluding hydrogens is 404 g/mol. The van der Waals surface area contributed by atoms with Crippen molar-refractivity contribution in [3.8, 4) is 0 Å². The molecule has 0 unspecified atom stereocenters. The Morgan fingerprint density at radius 2 is 1.27 bits per heavy atom. The second-order valence-electron chi connectivity index (χ2n) is 5.77. The van der Waals surface area contributed by atoms with E-state index < -0.39 is 23.9 Å². The fraction of sp³-hybridized carbons (Fsp3) is 0.579. The van der Waals surface area contributed by atoms with Crippen molar-refractivity contribution in [3.05, 3.63) is 23.7 Å². The molecule has 0 atom stereocenters. The van der Waals surface area contributed by atoms with Crippen molar-refractivity contribution in [2.24, 2.45) is 0 Å². The zero-order chi connectivity index (χ0) is 22.2. The lowest BCUT2D eigenvalue weighted by Gasteiger charge is -2.06. The Hall–Kier alpha value is -2.92. The van der Waals surface area contributed by atoms with Crippen molar-refractivity contribution in [1.29, 1.82) is 0 Å². The number of hydrogen-bond acceptors (Lipinski definition) is 10. The lowest BCUT2D eigenvalue weighted by atomic mass is 10.3. The van der Waals surface area contributed by atoms with E-state index in [-0.39, 0.29) is 64.0 Å². The molecule has 0 amide bonds. The van der Waals surface area contributed by atoms with E-state index in [1.165, 1.54) is 12.1 Å². The molecule has 0 spiro atoms. The van der Waals surface area contributed by atoms with Gasteiger partial charge < -0.3 is 33.2 Å². The zero-order valence-electron chi connectivity index (χ0n) is 16.8. The van der Waals surface area contributed by atoms with Gasteiger partial charge in [0.25, 0.3) is 0 Å². The van der Waals surface area contributed by atoms with E-state index >= 15 is 0 Å². The van der Waals surface area contributed by atoms with Crippen LogP contribution in [0.4, 0.5) is 0 Å². The maximum Gasteiger partial charge on any atom is 0.374 e. The van der Waals surface area contributed by atoms with Crippen molar-refractivity contribution in [3.63, 3.8) is 0 Å². The molecule has 1 heterocycles. The molecule has 1 aromatic rings. The molecule has 0 aliphatic rings. The minimum atomic E-state index is -1.08. The summed E-state index contributed by atoms with van der Waals surface area (Å²) in [5, 5.41) is 8.44. The van der Waals surface area contributed by atoms with Crippen molar-refractivity contribution in [2.45, 2.75) is 26.2 Å². The smallest absolute Gasteiger partial charge is 0.374 e. The van der Waals surface area contributed by atoms with Crippen LogP contribution < -0.4 is 0 Å². The molecule has 0 aliphatic carbocycles. The number of carboxylic acid groups (broad SMARTS) is 1. The number of esters is 3. The SMILES string of the molecule is CCCOCCOC(=O)c1ccc(C(=O)OCCOCCOC(=O)CCC(=O)O)o1. The van der Waals surface area contributed by atoms with E-state index in [4.69, 9.17) is 33.2 Å². The number of hydrogen-bond donors (Lipinski definition) is 1. The van der Waals surface area contributed by atoms with E-state index in [1.807, 2.05) is 6.92 Å². The van der Waals surface area contributed by atoms with Gasteiger partial charge in [-0.2, -0.15) is 0 Å². The number of furan rings is 1. The van der Waals surface area contributed by atoms with Gasteiger partial charge in [0.2, 0.25) is 11.5 Å². The van der Waals surface area contributed by atoms with E-state index in [9.17, 15) is 19.2 Å². The number of ether oxygens (including phenoxy) is 5. The molecule has 11 nitrogen and oxygen atoms in total. The average molecular weight is 430 g/mol. The summed E-state index contributed by atoms with van der Waals surface area (Å²) < 4.78 is 30.1. The lowest BCUT2D eigenvalue weighted by Crippen LogP contribution is -2.15. The summed E-state index contributed by atoms with van der Waals surface area (Å²) in [6.45, 7) is 2.88. The molecule has 0 aromatic carbocycles. The molecule has 0 fully saturated rings. The van der Waals surface area contributed by atoms with Gasteiger partial charge in [-0.3, -0.25) is 9.59 Å². The van der Waals surface area contributed by atoms with Crippen molar-refractivity contribution < 1.29 is 52.4 Å². The predicted octanol–water partition coefficient (Wildman–Crippen LogP) is 1.44. The van der Waals surface area contributed by atoms with Gasteiger partial charge in [0.15, 0.2) is 0 Å². The quantitative estimate of drug-likeness (QED) is 0.231. The summed E-state index contributed by atoms with van der Waals surface area (Å²) >= 11 is 0. The standard InChI is InChI=1S/C19H26O11/c1-2-7-25-9-12-28-18(23)14-3-4-15(30-14)19(24)29-13-10-26-8-11-27-17(22)6-5-16(20)21/h3-4H,2,5-13H2,1H3,(H,20,21). The first-order valence-corrected chi connectivity index (χ1v) is 9.41. The number of aliphatic carboxylic acids is 1. The van der Waals surface area contributed by atoms with Crippen LogP contribution in [0.5, 0.6) is 0 Å². The summed E-state index contributed by atoms with van der Waals surface area (Å²) in [6, 6.07) is 2.60. The summed E-state index contributed by atoms with van der Waals surface area (Å²) in [5.74, 6) is -3.48. The largest absolute Gasteiger partial charge is 0.481 e. The maximum absolute atomic E-state index is 11.9. The van der Waals surface area contributed by atoms with Gasteiger partial charge in [0.1, 0.15) is 19.8 Å². The van der Waals surface area contributed by atoms with Crippen molar-refractivity contribution in [1.82, 2.24) is 0 Å². The topological polar surface area (TPSA) is 148 Å². The van der Waals surface area contributed by atoms with Crippen LogP contribution in [0, 0.1) is 0 Å². The molecule has 0 radical (unpaired) electrons. The Morgan fingerprint density at radius 3 is 1.77 bits per heavy atom. The Balaban J connectivity index is 2.14. The molecule has 0 saturated carbocycles. The number of carboxylic acids is 1. The van der Waals surface area contributed by atoms with Crippen LogP contribution in [0.15, 0.2) is 16.5 Å². The van der Waals surface area contributed by atoms with E-state index in [1.54, 1.807) is 0 Å². The normalized spacial score (nSPS) is 10.4. The highest BCUT2D eigenvalue weighted by molar-refractivity contribution is 5.90. The van der Waals surface area contributed by atoms with Crippen LogP contribution in [0.2, 0.25) is 0 Å². The first kappa shape index (κ1) is 25.1. The molecule has 30 heavy (non-hydrogen) atoms. The van der Waals surface area contributed by atoms with Crippen LogP contribution in [0.1, 0.15) is 47.3 Å². The third-order valence-corrected chi connectivity index (χ3v) is 3.31. The number of carbonyl (C=O) groups is 4. The molecule has 168 valence electrons. The van der Waals surface area contributed by atoms with Crippen molar-refractivity contribution in [2.75, 3.05) is 46.2 Å². The summed E-state index contributed by atoms with van der Waals surface area (Å²) in [5.41, 5.74) is 0. The minimum Gasteiger partial charge on any atom is -0.481 e. The lowest BCUT2D eigenvalue weighted by molar-refractivity contribution is -0.148. The van der Waals surface area contributed by atoms with Crippen LogP contribution in [-0.4, -0.2) is 75.2 Å². The van der Waals surface area contributed by atoms with Gasteiger partial charge >= 0.3 is 23.9 Å². The molecule has 1 rings (SSSR count). The monoisotopic (exact) mass is 430 g/mol. The highest BCUT2D eigenvalue weighted by atomic mass is 16.6. The second-order valence-corrected chi connectivity index (χ2v) is 5.77. The third-order valence-electron chi connectivity index (χ3n) is 3.31. The van der Waals surface area contributed by atoms with Gasteiger partial charge in [0, 0.05) is 6.61 Å². The fourth-order valence-corrected chi connectivity index (χ4v) is 1.93. The maximum atomic E-state index is 11.9. The molecule has 1 N–H and O–H groups in total. The summed E-state index contributed by atoms with van der Waals surface area (Å²) in [4.78, 5) is 45.1. The van der Waals surface area contributed by atoms with Crippen LogP contribution >= 0.6 is 0 Å². The summed E-state index contributed by atoms with van der Waals surface area (Å²) in [6.07, 6.45) is 0.359. The van der Waals surface area contributed by atoms with Gasteiger partial charge in [-0.15, -0.1) is 0 Å². The second kappa shape index (κ2) is 15.0. The van der Waals surface area contributed by atoms with Crippen LogP contribution in [-0.2, 0) is 33.3 Å². The molecule has 11 heteroatoms. The first-order chi connectivity index (χ1) is 14.4. The Labute approximate surface area is 173 Å². The predicted molar refractivity (Wildman–Crippen MR) is 99.0 cm³/mol. The highest BCUT2D eigenvalue weighted by Crippen LogP contribution is 2.10. The third kappa shape index (κ3) is 11.2. The Kier molecular flexibility index (Phi) is 12.6. The van der Waals surface area contributed by atoms with Gasteiger partial charge in [-0.25, -0.2) is 9.59 Å². The van der Waals surface area contributed by atoms with Gasteiger partial charge in [-0.1, -0.05) is 6.92 Å². The highest BCUT2D eigenvalue weighted by Gasteiger charge is 2.17. The van der Waals surface area contributed by atoms with Gasteiger partial charge in [-0.05, 0) is 18.6 Å². The molecule has 0 bridgehead atoms. The number of carbonyl (C=O) groups excluding carboxylic acids is 3. The Morgan fingerprint density at radius 1 is 0.767 bits per heavy atom. The van der Waals surface area contributed by atoms with E-state index in [0.29, 0.717) is 6.61 Å². The molecule has 1 aromatic heterocycles. The fourth-order valence-electron chi connectivity index (χ4n) is 1.93. The minimum absolute atomic E-state index is 0.0421. The number of rotatable bonds is 16. The van der Waals surface area contributed by atoms with E-state index in [0.717, 1.165) is 6.42 Å². The average Bonchev–Trinajstić information content (AvgIpc) is 3.21. The zero-order valence-corrected chi connectivity index (χ0v) is 16.8. The first-order valence-electron chi connectivity index (χ1n) is 9.41. The van der Waals surface area contributed by atoms with Crippen LogP contribution in [0.3, 0.4) is 0 Å². The molecule has 0 aliphatic heterocycles. The molecule has 0 saturated heterocycles. The molecular formula is C19H26O11. The van der Waals surface area contributed by atoms with Crippen molar-refractivity contribution >= 4 is 23.9 Å².